The van der Waals surface area contributed by atoms with E-state index in [-0.39, 0.29) is 0 Å². The summed E-state index contributed by atoms with van der Waals surface area (Å²) in [7, 11) is 0. The van der Waals surface area contributed by atoms with E-state index in [4.69, 9.17) is 0 Å². The highest BCUT2D eigenvalue weighted by atomic mass is 16.3. The molecule has 0 aromatic carbocycles. The van der Waals surface area contributed by atoms with E-state index in [1.165, 1.54) is 0 Å². The first kappa shape index (κ1) is 6.58. The van der Waals surface area contributed by atoms with Crippen molar-refractivity contribution in [3.63, 3.8) is 0 Å². The molecule has 2 saturated heterocycles. The number of nitrogens with one attached hydrogen (secondary N) is 1. The van der Waals surface area contributed by atoms with Crippen molar-refractivity contribution in [1.82, 2.24) is 10.2 Å². The van der Waals surface area contributed by atoms with Gasteiger partial charge in [0.2, 0.25) is 0 Å². The van der Waals surface area contributed by atoms with Gasteiger partial charge in [-0.05, 0) is 13.1 Å². The van der Waals surface area contributed by atoms with Crippen molar-refractivity contribution in [2.24, 2.45) is 0 Å². The molecule has 2 rings (SSSR count). The van der Waals surface area contributed by atoms with Gasteiger partial charge >= 0.3 is 0 Å². The van der Waals surface area contributed by atoms with E-state index in [0.717, 1.165) is 39.0 Å². The molecule has 0 spiro atoms. The van der Waals surface area contributed by atoms with Crippen LogP contribution in [0.4, 0.5) is 0 Å². The Hall–Kier alpha value is -0.120. The predicted octanol–water partition coefficient (Wildman–Crippen LogP) is -0.626. The van der Waals surface area contributed by atoms with Gasteiger partial charge in [0, 0.05) is 25.9 Å². The lowest BCUT2D eigenvalue weighted by Gasteiger charge is -2.33. The molecular formula is C7H14N2O. The second kappa shape index (κ2) is 2.19. The van der Waals surface area contributed by atoms with Crippen molar-refractivity contribution < 1.29 is 5.11 Å². The van der Waals surface area contributed by atoms with Crippen LogP contribution in [0.1, 0.15) is 12.8 Å². The van der Waals surface area contributed by atoms with Crippen molar-refractivity contribution in [2.45, 2.75) is 18.6 Å². The maximum Gasteiger partial charge on any atom is 0.121 e. The molecule has 0 aliphatic carbocycles. The third kappa shape index (κ3) is 1.05. The summed E-state index contributed by atoms with van der Waals surface area (Å²) in [5.41, 5.74) is -0.439. The standard InChI is InChI=1S/C7H14N2O/c10-7(9-5-6-9)1-3-8-4-2-7/h8,10H,1-6H2. The fourth-order valence-corrected chi connectivity index (χ4v) is 1.61. The zero-order chi connectivity index (χ0) is 7.03. The first-order chi connectivity index (χ1) is 4.81. The lowest BCUT2D eigenvalue weighted by atomic mass is 10.0. The molecule has 2 aliphatic rings. The van der Waals surface area contributed by atoms with Crippen LogP contribution >= 0.6 is 0 Å². The highest BCUT2D eigenvalue weighted by Gasteiger charge is 2.41. The second-order valence-corrected chi connectivity index (χ2v) is 3.22. The summed E-state index contributed by atoms with van der Waals surface area (Å²) in [6.07, 6.45) is 1.79. The van der Waals surface area contributed by atoms with Crippen LogP contribution in [0.25, 0.3) is 0 Å². The molecule has 0 bridgehead atoms. The zero-order valence-electron chi connectivity index (χ0n) is 6.14. The average Bonchev–Trinajstić information content (AvgIpc) is 2.69. The minimum atomic E-state index is -0.439. The molecule has 0 radical (unpaired) electrons. The number of aliphatic hydroxyl groups is 1. The largest absolute Gasteiger partial charge is 0.376 e. The van der Waals surface area contributed by atoms with Crippen LogP contribution in [-0.4, -0.2) is 41.9 Å². The van der Waals surface area contributed by atoms with Crippen LogP contribution in [0, 0.1) is 0 Å². The summed E-state index contributed by atoms with van der Waals surface area (Å²) in [6.45, 7) is 4.12. The normalized spacial score (nSPS) is 32.1. The monoisotopic (exact) mass is 142 g/mol. The summed E-state index contributed by atoms with van der Waals surface area (Å²) in [5.74, 6) is 0. The number of nitrogens with zero attached hydrogens (tertiary/aromatic N) is 1. The lowest BCUT2D eigenvalue weighted by Crippen LogP contribution is -2.47. The number of rotatable bonds is 1. The Labute approximate surface area is 61.0 Å². The molecule has 2 heterocycles. The Balaban J connectivity index is 1.97. The Kier molecular flexibility index (Phi) is 1.44. The SMILES string of the molecule is OC1(N2CC2)CCNCC1. The molecule has 2 N–H and O–H groups in total. The first-order valence-electron chi connectivity index (χ1n) is 3.99. The van der Waals surface area contributed by atoms with E-state index in [1.807, 2.05) is 0 Å². The Morgan fingerprint density at radius 1 is 1.20 bits per heavy atom. The van der Waals surface area contributed by atoms with Gasteiger partial charge in [-0.1, -0.05) is 0 Å². The maximum absolute atomic E-state index is 9.90. The lowest BCUT2D eigenvalue weighted by molar-refractivity contribution is -0.0723. The van der Waals surface area contributed by atoms with Gasteiger partial charge in [0.05, 0.1) is 0 Å². The van der Waals surface area contributed by atoms with Crippen LogP contribution in [0.3, 0.4) is 0 Å². The van der Waals surface area contributed by atoms with Crippen LogP contribution in [0.2, 0.25) is 0 Å². The van der Waals surface area contributed by atoms with Gasteiger partial charge in [0.15, 0.2) is 0 Å². The molecule has 2 fully saturated rings. The molecular weight excluding hydrogens is 128 g/mol. The summed E-state index contributed by atoms with van der Waals surface area (Å²) in [4.78, 5) is 2.15. The fraction of sp³-hybridized carbons (Fsp3) is 1.00. The van der Waals surface area contributed by atoms with Crippen molar-refractivity contribution in [2.75, 3.05) is 26.2 Å². The van der Waals surface area contributed by atoms with Crippen LogP contribution in [-0.2, 0) is 0 Å². The molecule has 3 nitrogen and oxygen atoms in total. The molecule has 0 aromatic rings. The smallest absolute Gasteiger partial charge is 0.121 e. The van der Waals surface area contributed by atoms with E-state index in [2.05, 4.69) is 10.2 Å². The topological polar surface area (TPSA) is 35.3 Å². The van der Waals surface area contributed by atoms with Crippen LogP contribution in [0.5, 0.6) is 0 Å². The number of piperidine rings is 1. The molecule has 10 heavy (non-hydrogen) atoms. The minimum absolute atomic E-state index is 0.439. The van der Waals surface area contributed by atoms with E-state index in [1.54, 1.807) is 0 Å². The molecule has 0 unspecified atom stereocenters. The van der Waals surface area contributed by atoms with Crippen molar-refractivity contribution >= 4 is 0 Å². The Bertz CT molecular complexity index is 128. The second-order valence-electron chi connectivity index (χ2n) is 3.22. The summed E-state index contributed by atoms with van der Waals surface area (Å²) in [5, 5.41) is 13.1. The van der Waals surface area contributed by atoms with E-state index < -0.39 is 5.72 Å². The highest BCUT2D eigenvalue weighted by Crippen LogP contribution is 2.28. The van der Waals surface area contributed by atoms with Gasteiger partial charge in [-0.25, -0.2) is 0 Å². The zero-order valence-corrected chi connectivity index (χ0v) is 6.14. The minimum Gasteiger partial charge on any atom is -0.376 e. The van der Waals surface area contributed by atoms with Crippen LogP contribution < -0.4 is 5.32 Å². The van der Waals surface area contributed by atoms with Crippen LogP contribution in [0.15, 0.2) is 0 Å². The molecule has 0 aromatic heterocycles. The summed E-state index contributed by atoms with van der Waals surface area (Å²) in [6, 6.07) is 0. The molecule has 58 valence electrons. The maximum atomic E-state index is 9.90. The van der Waals surface area contributed by atoms with Crippen molar-refractivity contribution in [3.8, 4) is 0 Å². The van der Waals surface area contributed by atoms with E-state index >= 15 is 0 Å². The molecule has 3 heteroatoms. The summed E-state index contributed by atoms with van der Waals surface area (Å²) >= 11 is 0. The average molecular weight is 142 g/mol. The summed E-state index contributed by atoms with van der Waals surface area (Å²) < 4.78 is 0. The van der Waals surface area contributed by atoms with Gasteiger partial charge in [0.1, 0.15) is 5.72 Å². The molecule has 0 saturated carbocycles. The molecule has 0 atom stereocenters. The molecule has 0 amide bonds. The van der Waals surface area contributed by atoms with Gasteiger partial charge in [-0.3, -0.25) is 4.90 Å². The van der Waals surface area contributed by atoms with Gasteiger partial charge < -0.3 is 10.4 Å². The third-order valence-corrected chi connectivity index (χ3v) is 2.44. The van der Waals surface area contributed by atoms with Gasteiger partial charge in [-0.2, -0.15) is 0 Å². The van der Waals surface area contributed by atoms with Gasteiger partial charge in [0.25, 0.3) is 0 Å². The van der Waals surface area contributed by atoms with E-state index in [9.17, 15) is 5.11 Å². The number of hydrogen-bond donors (Lipinski definition) is 2. The van der Waals surface area contributed by atoms with Crippen molar-refractivity contribution in [1.29, 1.82) is 0 Å². The van der Waals surface area contributed by atoms with Gasteiger partial charge in [-0.15, -0.1) is 0 Å². The van der Waals surface area contributed by atoms with Crippen molar-refractivity contribution in [3.05, 3.63) is 0 Å². The Morgan fingerprint density at radius 2 is 1.80 bits per heavy atom. The Morgan fingerprint density at radius 3 is 2.30 bits per heavy atom. The molecule has 2 aliphatic heterocycles. The van der Waals surface area contributed by atoms with E-state index in [0.29, 0.717) is 0 Å². The first-order valence-corrected chi connectivity index (χ1v) is 3.99. The number of hydrogen-bond acceptors (Lipinski definition) is 3. The highest BCUT2D eigenvalue weighted by molar-refractivity contribution is 4.91. The third-order valence-electron chi connectivity index (χ3n) is 2.44. The predicted molar refractivity (Wildman–Crippen MR) is 38.6 cm³/mol. The quantitative estimate of drug-likeness (QED) is 0.479. The fourth-order valence-electron chi connectivity index (χ4n) is 1.61.